The molecule has 94 valence electrons. The van der Waals surface area contributed by atoms with Crippen molar-refractivity contribution < 1.29 is 4.74 Å². The van der Waals surface area contributed by atoms with E-state index < -0.39 is 0 Å². The minimum atomic E-state index is 0.722. The van der Waals surface area contributed by atoms with E-state index in [9.17, 15) is 0 Å². The zero-order chi connectivity index (χ0) is 13.0. The summed E-state index contributed by atoms with van der Waals surface area (Å²) in [6, 6.07) is 3.80. The van der Waals surface area contributed by atoms with E-state index >= 15 is 0 Å². The van der Waals surface area contributed by atoms with Crippen molar-refractivity contribution in [1.82, 2.24) is 15.0 Å². The van der Waals surface area contributed by atoms with Crippen LogP contribution >= 0.6 is 15.9 Å². The van der Waals surface area contributed by atoms with Crippen LogP contribution in [0.15, 0.2) is 29.1 Å². The molecule has 2 heterocycles. The average molecular weight is 308 g/mol. The molecule has 0 spiro atoms. The average Bonchev–Trinajstić information content (AvgIpc) is 2.38. The fourth-order valence-electron chi connectivity index (χ4n) is 1.62. The van der Waals surface area contributed by atoms with Gasteiger partial charge in [0.25, 0.3) is 0 Å². The largest absolute Gasteiger partial charge is 0.495 e. The van der Waals surface area contributed by atoms with Crippen LogP contribution in [0.5, 0.6) is 5.75 Å². The SMILES string of the molecule is CCCc1nc(Br)cc(-c2cncc(OC)c2)n1. The van der Waals surface area contributed by atoms with Crippen LogP contribution in [0.1, 0.15) is 19.2 Å². The molecule has 0 amide bonds. The number of aromatic nitrogens is 3. The second-order valence-corrected chi connectivity index (χ2v) is 4.67. The molecule has 0 aliphatic rings. The van der Waals surface area contributed by atoms with E-state index in [0.717, 1.165) is 40.3 Å². The van der Waals surface area contributed by atoms with Crippen molar-refractivity contribution in [2.75, 3.05) is 7.11 Å². The van der Waals surface area contributed by atoms with Gasteiger partial charge < -0.3 is 4.74 Å². The highest BCUT2D eigenvalue weighted by molar-refractivity contribution is 9.10. The van der Waals surface area contributed by atoms with Gasteiger partial charge in [0.15, 0.2) is 0 Å². The summed E-state index contributed by atoms with van der Waals surface area (Å²) in [7, 11) is 1.62. The van der Waals surface area contributed by atoms with Gasteiger partial charge in [-0.3, -0.25) is 4.98 Å². The van der Waals surface area contributed by atoms with E-state index in [1.54, 1.807) is 19.5 Å². The number of hydrogen-bond acceptors (Lipinski definition) is 4. The first kappa shape index (κ1) is 13.0. The molecular formula is C13H14BrN3O. The second kappa shape index (κ2) is 5.91. The fourth-order valence-corrected chi connectivity index (χ4v) is 2.04. The van der Waals surface area contributed by atoms with E-state index in [-0.39, 0.29) is 0 Å². The van der Waals surface area contributed by atoms with Gasteiger partial charge in [-0.25, -0.2) is 9.97 Å². The molecule has 2 aromatic heterocycles. The quantitative estimate of drug-likeness (QED) is 0.813. The topological polar surface area (TPSA) is 47.9 Å². The molecule has 0 aromatic carbocycles. The van der Waals surface area contributed by atoms with Gasteiger partial charge in [-0.05, 0) is 34.5 Å². The molecule has 0 atom stereocenters. The maximum Gasteiger partial charge on any atom is 0.137 e. The van der Waals surface area contributed by atoms with Gasteiger partial charge in [-0.2, -0.15) is 0 Å². The number of methoxy groups -OCH3 is 1. The molecule has 2 rings (SSSR count). The predicted octanol–water partition coefficient (Wildman–Crippen LogP) is 3.26. The molecule has 0 bridgehead atoms. The first-order chi connectivity index (χ1) is 8.72. The first-order valence-corrected chi connectivity index (χ1v) is 6.55. The fraction of sp³-hybridized carbons (Fsp3) is 0.308. The maximum atomic E-state index is 5.17. The normalized spacial score (nSPS) is 10.4. The zero-order valence-corrected chi connectivity index (χ0v) is 11.9. The van der Waals surface area contributed by atoms with Gasteiger partial charge in [0, 0.05) is 18.2 Å². The van der Waals surface area contributed by atoms with Crippen molar-refractivity contribution in [2.45, 2.75) is 19.8 Å². The Morgan fingerprint density at radius 1 is 1.22 bits per heavy atom. The lowest BCUT2D eigenvalue weighted by molar-refractivity contribution is 0.413. The lowest BCUT2D eigenvalue weighted by atomic mass is 10.2. The molecule has 2 aromatic rings. The molecule has 0 N–H and O–H groups in total. The number of ether oxygens (including phenoxy) is 1. The Labute approximate surface area is 115 Å². The van der Waals surface area contributed by atoms with Gasteiger partial charge in [0.2, 0.25) is 0 Å². The van der Waals surface area contributed by atoms with Crippen molar-refractivity contribution in [3.63, 3.8) is 0 Å². The summed E-state index contributed by atoms with van der Waals surface area (Å²) in [6.07, 6.45) is 5.33. The van der Waals surface area contributed by atoms with E-state index in [2.05, 4.69) is 37.8 Å². The van der Waals surface area contributed by atoms with Crippen LogP contribution in [0.4, 0.5) is 0 Å². The molecule has 0 saturated heterocycles. The lowest BCUT2D eigenvalue weighted by Crippen LogP contribution is -1.97. The number of rotatable bonds is 4. The summed E-state index contributed by atoms with van der Waals surface area (Å²) in [6.45, 7) is 2.11. The highest BCUT2D eigenvalue weighted by atomic mass is 79.9. The molecule has 0 aliphatic carbocycles. The summed E-state index contributed by atoms with van der Waals surface area (Å²) < 4.78 is 5.96. The van der Waals surface area contributed by atoms with Gasteiger partial charge in [0.1, 0.15) is 16.2 Å². The van der Waals surface area contributed by atoms with Crippen LogP contribution < -0.4 is 4.74 Å². The minimum absolute atomic E-state index is 0.722. The van der Waals surface area contributed by atoms with Crippen LogP contribution in [0.2, 0.25) is 0 Å². The Morgan fingerprint density at radius 3 is 2.78 bits per heavy atom. The lowest BCUT2D eigenvalue weighted by Gasteiger charge is -2.06. The maximum absolute atomic E-state index is 5.17. The van der Waals surface area contributed by atoms with Gasteiger partial charge in [0.05, 0.1) is 19.0 Å². The van der Waals surface area contributed by atoms with E-state index in [1.165, 1.54) is 0 Å². The monoisotopic (exact) mass is 307 g/mol. The highest BCUT2D eigenvalue weighted by Crippen LogP contribution is 2.23. The third kappa shape index (κ3) is 3.04. The number of aryl methyl sites for hydroxylation is 1. The third-order valence-electron chi connectivity index (χ3n) is 2.46. The van der Waals surface area contributed by atoms with E-state index in [0.29, 0.717) is 0 Å². The summed E-state index contributed by atoms with van der Waals surface area (Å²) >= 11 is 3.41. The molecule has 0 unspecified atom stereocenters. The van der Waals surface area contributed by atoms with Crippen molar-refractivity contribution in [2.24, 2.45) is 0 Å². The zero-order valence-electron chi connectivity index (χ0n) is 10.4. The Morgan fingerprint density at radius 2 is 2.06 bits per heavy atom. The van der Waals surface area contributed by atoms with Crippen molar-refractivity contribution >= 4 is 15.9 Å². The number of halogens is 1. The molecule has 4 nitrogen and oxygen atoms in total. The van der Waals surface area contributed by atoms with Crippen LogP contribution in [0, 0.1) is 0 Å². The standard InChI is InChI=1S/C13H14BrN3O/c1-3-4-13-16-11(6-12(14)17-13)9-5-10(18-2)8-15-7-9/h5-8H,3-4H2,1-2H3. The molecule has 0 radical (unpaired) electrons. The number of hydrogen-bond donors (Lipinski definition) is 0. The molecular weight excluding hydrogens is 294 g/mol. The summed E-state index contributed by atoms with van der Waals surface area (Å²) in [4.78, 5) is 13.0. The Bertz CT molecular complexity index is 546. The molecule has 0 fully saturated rings. The molecule has 18 heavy (non-hydrogen) atoms. The van der Waals surface area contributed by atoms with Crippen LogP contribution in [0.25, 0.3) is 11.3 Å². The Kier molecular flexibility index (Phi) is 4.25. The third-order valence-corrected chi connectivity index (χ3v) is 2.87. The van der Waals surface area contributed by atoms with Crippen LogP contribution in [-0.4, -0.2) is 22.1 Å². The van der Waals surface area contributed by atoms with Crippen LogP contribution in [-0.2, 0) is 6.42 Å². The Hall–Kier alpha value is -1.49. The molecule has 0 aliphatic heterocycles. The van der Waals surface area contributed by atoms with Crippen molar-refractivity contribution in [1.29, 1.82) is 0 Å². The smallest absolute Gasteiger partial charge is 0.137 e. The minimum Gasteiger partial charge on any atom is -0.495 e. The van der Waals surface area contributed by atoms with Crippen LogP contribution in [0.3, 0.4) is 0 Å². The number of pyridine rings is 1. The summed E-state index contributed by atoms with van der Waals surface area (Å²) in [5.41, 5.74) is 1.78. The van der Waals surface area contributed by atoms with E-state index in [4.69, 9.17) is 4.74 Å². The summed E-state index contributed by atoms with van der Waals surface area (Å²) in [5.74, 6) is 1.56. The van der Waals surface area contributed by atoms with Crippen molar-refractivity contribution in [3.8, 4) is 17.0 Å². The second-order valence-electron chi connectivity index (χ2n) is 3.86. The number of nitrogens with zero attached hydrogens (tertiary/aromatic N) is 3. The highest BCUT2D eigenvalue weighted by Gasteiger charge is 2.06. The predicted molar refractivity (Wildman–Crippen MR) is 73.5 cm³/mol. The molecule has 5 heteroatoms. The van der Waals surface area contributed by atoms with Gasteiger partial charge >= 0.3 is 0 Å². The summed E-state index contributed by atoms with van der Waals surface area (Å²) in [5, 5.41) is 0. The van der Waals surface area contributed by atoms with Crippen molar-refractivity contribution in [3.05, 3.63) is 35.0 Å². The first-order valence-electron chi connectivity index (χ1n) is 5.75. The van der Waals surface area contributed by atoms with Gasteiger partial charge in [-0.1, -0.05) is 6.92 Å². The Balaban J connectivity index is 2.42. The van der Waals surface area contributed by atoms with E-state index in [1.807, 2.05) is 12.1 Å². The molecule has 0 saturated carbocycles. The van der Waals surface area contributed by atoms with Gasteiger partial charge in [-0.15, -0.1) is 0 Å².